The third kappa shape index (κ3) is 3.46. The summed E-state index contributed by atoms with van der Waals surface area (Å²) in [5, 5.41) is 1.01. The highest BCUT2D eigenvalue weighted by atomic mass is 79.9. The van der Waals surface area contributed by atoms with Crippen LogP contribution in [0.2, 0.25) is 10.0 Å². The van der Waals surface area contributed by atoms with Gasteiger partial charge in [0.25, 0.3) is 0 Å². The Hall–Kier alpha value is -0.210. The number of benzene rings is 2. The summed E-state index contributed by atoms with van der Waals surface area (Å²) in [6, 6.07) is 9.62. The van der Waals surface area contributed by atoms with Gasteiger partial charge in [-0.2, -0.15) is 0 Å². The van der Waals surface area contributed by atoms with Crippen LogP contribution in [-0.2, 0) is 0 Å². The molecule has 0 aliphatic carbocycles. The zero-order valence-electron chi connectivity index (χ0n) is 10.5. The number of halogens is 4. The highest BCUT2D eigenvalue weighted by molar-refractivity contribution is 9.10. The number of hydrogen-bond acceptors (Lipinski definition) is 0. The van der Waals surface area contributed by atoms with Gasteiger partial charge in [0, 0.05) is 14.5 Å². The number of alkyl halides is 1. The third-order valence-corrected chi connectivity index (χ3v) is 4.55. The van der Waals surface area contributed by atoms with Crippen molar-refractivity contribution in [1.29, 1.82) is 0 Å². The second-order valence-electron chi connectivity index (χ2n) is 4.52. The van der Waals surface area contributed by atoms with E-state index in [-0.39, 0.29) is 5.38 Å². The SMILES string of the molecule is Cc1cc(Cl)c(C(Cl)c2cc(Cl)cc(Br)c2)cc1C. The maximum Gasteiger partial charge on any atom is 0.0850 e. The van der Waals surface area contributed by atoms with Crippen LogP contribution < -0.4 is 0 Å². The van der Waals surface area contributed by atoms with Crippen molar-refractivity contribution in [2.24, 2.45) is 0 Å². The maximum atomic E-state index is 6.54. The minimum atomic E-state index is -0.318. The van der Waals surface area contributed by atoms with Gasteiger partial charge >= 0.3 is 0 Å². The Labute approximate surface area is 136 Å². The zero-order chi connectivity index (χ0) is 14.2. The third-order valence-electron chi connectivity index (χ3n) is 3.06. The van der Waals surface area contributed by atoms with Gasteiger partial charge in [0.05, 0.1) is 5.38 Å². The van der Waals surface area contributed by atoms with Crippen LogP contribution in [0.25, 0.3) is 0 Å². The first-order valence-corrected chi connectivity index (χ1v) is 7.73. The Morgan fingerprint density at radius 2 is 1.58 bits per heavy atom. The van der Waals surface area contributed by atoms with Crippen molar-refractivity contribution in [2.75, 3.05) is 0 Å². The summed E-state index contributed by atoms with van der Waals surface area (Å²) < 4.78 is 0.903. The van der Waals surface area contributed by atoms with Gasteiger partial charge < -0.3 is 0 Å². The van der Waals surface area contributed by atoms with E-state index in [1.807, 2.05) is 44.2 Å². The summed E-state index contributed by atoms with van der Waals surface area (Å²) in [6.07, 6.45) is 0. The molecule has 0 heterocycles. The predicted molar refractivity (Wildman–Crippen MR) is 87.8 cm³/mol. The zero-order valence-corrected chi connectivity index (χ0v) is 14.3. The fraction of sp³-hybridized carbons (Fsp3) is 0.200. The Kier molecular flexibility index (Phi) is 4.84. The molecular formula is C15H12BrCl3. The summed E-state index contributed by atoms with van der Waals surface area (Å²) >= 11 is 22.3. The second kappa shape index (κ2) is 6.05. The normalized spacial score (nSPS) is 12.5. The fourth-order valence-electron chi connectivity index (χ4n) is 1.90. The first-order chi connectivity index (χ1) is 8.88. The molecule has 0 radical (unpaired) electrons. The van der Waals surface area contributed by atoms with E-state index in [0.717, 1.165) is 21.2 Å². The molecule has 1 unspecified atom stereocenters. The van der Waals surface area contributed by atoms with Crippen molar-refractivity contribution in [3.05, 3.63) is 67.1 Å². The van der Waals surface area contributed by atoms with Crippen LogP contribution >= 0.6 is 50.7 Å². The first-order valence-electron chi connectivity index (χ1n) is 5.75. The van der Waals surface area contributed by atoms with Crippen LogP contribution in [0.5, 0.6) is 0 Å². The van der Waals surface area contributed by atoms with E-state index in [1.54, 1.807) is 0 Å². The lowest BCUT2D eigenvalue weighted by molar-refractivity contribution is 1.12. The lowest BCUT2D eigenvalue weighted by atomic mass is 10.00. The Balaban J connectivity index is 2.49. The van der Waals surface area contributed by atoms with E-state index in [2.05, 4.69) is 15.9 Å². The van der Waals surface area contributed by atoms with Crippen LogP contribution in [-0.4, -0.2) is 0 Å². The van der Waals surface area contributed by atoms with Crippen LogP contribution in [0.4, 0.5) is 0 Å². The molecule has 19 heavy (non-hydrogen) atoms. The smallest absolute Gasteiger partial charge is 0.0850 e. The van der Waals surface area contributed by atoms with E-state index in [4.69, 9.17) is 34.8 Å². The average Bonchev–Trinajstić information content (AvgIpc) is 2.31. The molecule has 0 saturated heterocycles. The van der Waals surface area contributed by atoms with Crippen LogP contribution in [0.3, 0.4) is 0 Å². The van der Waals surface area contributed by atoms with Gasteiger partial charge in [-0.25, -0.2) is 0 Å². The molecule has 100 valence electrons. The van der Waals surface area contributed by atoms with Crippen LogP contribution in [0.15, 0.2) is 34.8 Å². The summed E-state index contributed by atoms with van der Waals surface area (Å²) in [6.45, 7) is 4.08. The minimum Gasteiger partial charge on any atom is -0.113 e. The maximum absolute atomic E-state index is 6.54. The molecule has 0 bridgehead atoms. The quantitative estimate of drug-likeness (QED) is 0.510. The van der Waals surface area contributed by atoms with Gasteiger partial charge in [-0.05, 0) is 60.4 Å². The molecule has 0 aliphatic rings. The highest BCUT2D eigenvalue weighted by Crippen LogP contribution is 2.37. The van der Waals surface area contributed by atoms with Crippen LogP contribution in [0, 0.1) is 13.8 Å². The molecule has 0 nitrogen and oxygen atoms in total. The fourth-order valence-corrected chi connectivity index (χ4v) is 3.47. The summed E-state index contributed by atoms with van der Waals surface area (Å²) in [4.78, 5) is 0. The lowest BCUT2D eigenvalue weighted by Gasteiger charge is -2.15. The predicted octanol–water partition coefficient (Wildman–Crippen LogP) is 6.70. The molecule has 0 spiro atoms. The van der Waals surface area contributed by atoms with Crippen molar-refractivity contribution in [2.45, 2.75) is 19.2 Å². The topological polar surface area (TPSA) is 0 Å². The molecular weight excluding hydrogens is 366 g/mol. The van der Waals surface area contributed by atoms with E-state index >= 15 is 0 Å². The molecule has 2 aromatic rings. The number of aryl methyl sites for hydroxylation is 2. The lowest BCUT2D eigenvalue weighted by Crippen LogP contribution is -1.97. The molecule has 0 amide bonds. The van der Waals surface area contributed by atoms with Crippen molar-refractivity contribution in [3.8, 4) is 0 Å². The Morgan fingerprint density at radius 1 is 0.947 bits per heavy atom. The van der Waals surface area contributed by atoms with E-state index in [0.29, 0.717) is 10.0 Å². The Morgan fingerprint density at radius 3 is 2.21 bits per heavy atom. The van der Waals surface area contributed by atoms with E-state index < -0.39 is 0 Å². The number of hydrogen-bond donors (Lipinski definition) is 0. The molecule has 0 aliphatic heterocycles. The molecule has 0 N–H and O–H groups in total. The van der Waals surface area contributed by atoms with Gasteiger partial charge in [0.15, 0.2) is 0 Å². The second-order valence-corrected chi connectivity index (χ2v) is 6.72. The first kappa shape index (κ1) is 15.2. The van der Waals surface area contributed by atoms with Gasteiger partial charge in [-0.3, -0.25) is 0 Å². The van der Waals surface area contributed by atoms with Gasteiger partial charge in [-0.1, -0.05) is 45.2 Å². The molecule has 2 rings (SSSR count). The Bertz CT molecular complexity index is 603. The van der Waals surface area contributed by atoms with Gasteiger partial charge in [0.1, 0.15) is 0 Å². The van der Waals surface area contributed by atoms with Crippen molar-refractivity contribution >= 4 is 50.7 Å². The van der Waals surface area contributed by atoms with Crippen molar-refractivity contribution in [1.82, 2.24) is 0 Å². The molecule has 1 atom stereocenters. The van der Waals surface area contributed by atoms with E-state index in [1.165, 1.54) is 5.56 Å². The molecule has 4 heteroatoms. The molecule has 0 aromatic heterocycles. The van der Waals surface area contributed by atoms with Crippen LogP contribution in [0.1, 0.15) is 27.6 Å². The largest absolute Gasteiger partial charge is 0.113 e. The summed E-state index contributed by atoms with van der Waals surface area (Å²) in [5.41, 5.74) is 4.16. The van der Waals surface area contributed by atoms with Gasteiger partial charge in [-0.15, -0.1) is 11.6 Å². The van der Waals surface area contributed by atoms with E-state index in [9.17, 15) is 0 Å². The average molecular weight is 379 g/mol. The number of rotatable bonds is 2. The van der Waals surface area contributed by atoms with Crippen molar-refractivity contribution in [3.63, 3.8) is 0 Å². The van der Waals surface area contributed by atoms with Gasteiger partial charge in [0.2, 0.25) is 0 Å². The minimum absolute atomic E-state index is 0.318. The summed E-state index contributed by atoms with van der Waals surface area (Å²) in [7, 11) is 0. The standard InChI is InChI=1S/C15H12BrCl3/c1-8-3-13(14(18)4-9(8)2)15(19)10-5-11(16)7-12(17)6-10/h3-7,15H,1-2H3. The highest BCUT2D eigenvalue weighted by Gasteiger charge is 2.16. The molecule has 0 saturated carbocycles. The monoisotopic (exact) mass is 376 g/mol. The summed E-state index contributed by atoms with van der Waals surface area (Å²) in [5.74, 6) is 0. The van der Waals surface area contributed by atoms with Crippen molar-refractivity contribution < 1.29 is 0 Å². The molecule has 0 fully saturated rings. The molecule has 2 aromatic carbocycles.